The van der Waals surface area contributed by atoms with Crippen molar-refractivity contribution in [3.8, 4) is 11.4 Å². The molecule has 0 spiro atoms. The zero-order chi connectivity index (χ0) is 24.4. The van der Waals surface area contributed by atoms with E-state index < -0.39 is 5.82 Å². The molecule has 0 saturated carbocycles. The van der Waals surface area contributed by atoms with E-state index in [1.165, 1.54) is 22.8 Å². The molecule has 0 radical (unpaired) electrons. The zero-order valence-electron chi connectivity index (χ0n) is 18.4. The van der Waals surface area contributed by atoms with E-state index in [0.29, 0.717) is 23.1 Å². The minimum Gasteiger partial charge on any atom is -0.507 e. The first kappa shape index (κ1) is 23.8. The first-order chi connectivity index (χ1) is 16.2. The normalized spacial score (nSPS) is 11.1. The van der Waals surface area contributed by atoms with Gasteiger partial charge in [-0.2, -0.15) is 0 Å². The van der Waals surface area contributed by atoms with Gasteiger partial charge in [-0.25, -0.2) is 9.37 Å². The molecule has 34 heavy (non-hydrogen) atoms. The van der Waals surface area contributed by atoms with Gasteiger partial charge in [0.05, 0.1) is 27.4 Å². The standard InChI is InChI=1S/C25H21ClFN3O3S/c1-14-9-16(10-15(2)23(14)32)12-28-22(31)13-34-25-29-21-6-4-3-5-18(21)24(33)30(25)17-7-8-20(27)19(26)11-17/h3-11,32H,12-13H2,1-2H3,(H,28,31). The Labute approximate surface area is 204 Å². The molecular weight excluding hydrogens is 477 g/mol. The molecule has 0 fully saturated rings. The Morgan fingerprint density at radius 1 is 1.15 bits per heavy atom. The molecule has 0 unspecified atom stereocenters. The monoisotopic (exact) mass is 497 g/mol. The maximum absolute atomic E-state index is 13.7. The van der Waals surface area contributed by atoms with Crippen LogP contribution < -0.4 is 10.9 Å². The van der Waals surface area contributed by atoms with Crippen LogP contribution in [0.1, 0.15) is 16.7 Å². The highest BCUT2D eigenvalue weighted by Gasteiger charge is 2.16. The van der Waals surface area contributed by atoms with E-state index in [4.69, 9.17) is 11.6 Å². The van der Waals surface area contributed by atoms with Gasteiger partial charge in [-0.1, -0.05) is 47.6 Å². The molecule has 0 bridgehead atoms. The average molecular weight is 498 g/mol. The van der Waals surface area contributed by atoms with Crippen LogP contribution in [0.5, 0.6) is 5.75 Å². The lowest BCUT2D eigenvalue weighted by atomic mass is 10.1. The van der Waals surface area contributed by atoms with Gasteiger partial charge in [0.2, 0.25) is 5.91 Å². The fourth-order valence-corrected chi connectivity index (χ4v) is 4.61. The van der Waals surface area contributed by atoms with Gasteiger partial charge in [0.15, 0.2) is 5.16 Å². The highest BCUT2D eigenvalue weighted by molar-refractivity contribution is 7.99. The van der Waals surface area contributed by atoms with Crippen molar-refractivity contribution in [2.75, 3.05) is 5.75 Å². The van der Waals surface area contributed by atoms with E-state index in [0.717, 1.165) is 28.5 Å². The topological polar surface area (TPSA) is 84.2 Å². The molecule has 1 heterocycles. The van der Waals surface area contributed by atoms with Crippen molar-refractivity contribution in [3.63, 3.8) is 0 Å². The Hall–Kier alpha value is -3.36. The number of phenols is 1. The van der Waals surface area contributed by atoms with Crippen molar-refractivity contribution in [1.29, 1.82) is 0 Å². The van der Waals surface area contributed by atoms with Gasteiger partial charge in [0, 0.05) is 6.54 Å². The van der Waals surface area contributed by atoms with Gasteiger partial charge >= 0.3 is 0 Å². The highest BCUT2D eigenvalue weighted by Crippen LogP contribution is 2.25. The molecule has 0 atom stereocenters. The largest absolute Gasteiger partial charge is 0.507 e. The second-order valence-electron chi connectivity index (χ2n) is 7.79. The molecule has 174 valence electrons. The number of halogens is 2. The number of nitrogens with zero attached hydrogens (tertiary/aromatic N) is 2. The SMILES string of the molecule is Cc1cc(CNC(=O)CSc2nc3ccccc3c(=O)n2-c2ccc(F)c(Cl)c2)cc(C)c1O. The number of para-hydroxylation sites is 1. The van der Waals surface area contributed by atoms with Crippen LogP contribution in [0, 0.1) is 19.7 Å². The molecule has 0 aliphatic rings. The number of aromatic hydroxyl groups is 1. The predicted molar refractivity (Wildman–Crippen MR) is 132 cm³/mol. The molecule has 2 N–H and O–H groups in total. The molecule has 1 aromatic heterocycles. The lowest BCUT2D eigenvalue weighted by Crippen LogP contribution is -2.26. The molecule has 6 nitrogen and oxygen atoms in total. The fourth-order valence-electron chi connectivity index (χ4n) is 3.59. The second kappa shape index (κ2) is 9.87. The summed E-state index contributed by atoms with van der Waals surface area (Å²) in [4.78, 5) is 30.4. The average Bonchev–Trinajstić information content (AvgIpc) is 2.81. The second-order valence-corrected chi connectivity index (χ2v) is 9.14. The summed E-state index contributed by atoms with van der Waals surface area (Å²) in [6, 6.07) is 14.5. The third-order valence-corrected chi connectivity index (χ3v) is 6.51. The van der Waals surface area contributed by atoms with Crippen LogP contribution in [0.4, 0.5) is 4.39 Å². The summed E-state index contributed by atoms with van der Waals surface area (Å²) < 4.78 is 15.0. The van der Waals surface area contributed by atoms with Gasteiger partial charge in [0.1, 0.15) is 11.6 Å². The lowest BCUT2D eigenvalue weighted by Gasteiger charge is -2.14. The Morgan fingerprint density at radius 3 is 2.56 bits per heavy atom. The fraction of sp³-hybridized carbons (Fsp3) is 0.160. The first-order valence-electron chi connectivity index (χ1n) is 10.4. The third-order valence-electron chi connectivity index (χ3n) is 5.28. The van der Waals surface area contributed by atoms with Crippen molar-refractivity contribution in [1.82, 2.24) is 14.9 Å². The van der Waals surface area contributed by atoms with Crippen molar-refractivity contribution in [2.24, 2.45) is 0 Å². The number of rotatable bonds is 6. The number of nitrogens with one attached hydrogen (secondary N) is 1. The number of hydrogen-bond donors (Lipinski definition) is 2. The number of aryl methyl sites for hydroxylation is 2. The summed E-state index contributed by atoms with van der Waals surface area (Å²) in [5.74, 6) is -0.595. The minimum atomic E-state index is -0.597. The van der Waals surface area contributed by atoms with Gasteiger partial charge in [-0.15, -0.1) is 0 Å². The van der Waals surface area contributed by atoms with Gasteiger partial charge in [0.25, 0.3) is 5.56 Å². The van der Waals surface area contributed by atoms with Gasteiger partial charge in [-0.3, -0.25) is 14.2 Å². The molecule has 0 aliphatic heterocycles. The molecule has 4 rings (SSSR count). The van der Waals surface area contributed by atoms with Gasteiger partial charge in [-0.05, 0) is 60.9 Å². The maximum atomic E-state index is 13.7. The Balaban J connectivity index is 1.59. The summed E-state index contributed by atoms with van der Waals surface area (Å²) >= 11 is 7.04. The van der Waals surface area contributed by atoms with E-state index >= 15 is 0 Å². The summed E-state index contributed by atoms with van der Waals surface area (Å²) in [6.07, 6.45) is 0. The van der Waals surface area contributed by atoms with Crippen LogP contribution in [-0.4, -0.2) is 26.3 Å². The number of phenolic OH excluding ortho intramolecular Hbond substituents is 1. The van der Waals surface area contributed by atoms with E-state index in [2.05, 4.69) is 10.3 Å². The van der Waals surface area contributed by atoms with Gasteiger partial charge < -0.3 is 10.4 Å². The van der Waals surface area contributed by atoms with E-state index in [-0.39, 0.29) is 33.1 Å². The Bertz CT molecular complexity index is 1450. The molecule has 9 heteroatoms. The zero-order valence-corrected chi connectivity index (χ0v) is 20.0. The number of aromatic nitrogens is 2. The molecular formula is C25H21ClFN3O3S. The van der Waals surface area contributed by atoms with Crippen molar-refractivity contribution < 1.29 is 14.3 Å². The third kappa shape index (κ3) is 4.93. The Morgan fingerprint density at radius 2 is 1.85 bits per heavy atom. The molecule has 0 saturated heterocycles. The Kier molecular flexibility index (Phi) is 6.90. The predicted octanol–water partition coefficient (Wildman–Crippen LogP) is 4.91. The van der Waals surface area contributed by atoms with Crippen molar-refractivity contribution in [3.05, 3.63) is 92.5 Å². The molecule has 0 aliphatic carbocycles. The summed E-state index contributed by atoms with van der Waals surface area (Å²) in [7, 11) is 0. The minimum absolute atomic E-state index is 0.00968. The van der Waals surface area contributed by atoms with Crippen LogP contribution in [0.15, 0.2) is 64.5 Å². The number of fused-ring (bicyclic) bond motifs is 1. The smallest absolute Gasteiger partial charge is 0.266 e. The van der Waals surface area contributed by atoms with Crippen LogP contribution in [0.25, 0.3) is 16.6 Å². The lowest BCUT2D eigenvalue weighted by molar-refractivity contribution is -0.118. The summed E-state index contributed by atoms with van der Waals surface area (Å²) in [6.45, 7) is 3.90. The quantitative estimate of drug-likeness (QED) is 0.292. The van der Waals surface area contributed by atoms with Crippen LogP contribution in [0.2, 0.25) is 5.02 Å². The number of carbonyl (C=O) groups excluding carboxylic acids is 1. The van der Waals surface area contributed by atoms with E-state index in [9.17, 15) is 19.1 Å². The highest BCUT2D eigenvalue weighted by atomic mass is 35.5. The maximum Gasteiger partial charge on any atom is 0.266 e. The number of benzene rings is 3. The van der Waals surface area contributed by atoms with E-state index in [1.807, 2.05) is 12.1 Å². The van der Waals surface area contributed by atoms with Crippen LogP contribution >= 0.6 is 23.4 Å². The molecule has 1 amide bonds. The number of thioether (sulfide) groups is 1. The number of amides is 1. The van der Waals surface area contributed by atoms with E-state index in [1.54, 1.807) is 38.1 Å². The molecule has 3 aromatic carbocycles. The van der Waals surface area contributed by atoms with Crippen molar-refractivity contribution in [2.45, 2.75) is 25.5 Å². The molecule has 4 aromatic rings. The number of carbonyl (C=O) groups is 1. The number of hydrogen-bond acceptors (Lipinski definition) is 5. The van der Waals surface area contributed by atoms with Crippen molar-refractivity contribution >= 4 is 40.2 Å². The van der Waals surface area contributed by atoms with Crippen LogP contribution in [-0.2, 0) is 11.3 Å². The summed E-state index contributed by atoms with van der Waals surface area (Å²) in [5.41, 5.74) is 2.85. The van der Waals surface area contributed by atoms with Crippen LogP contribution in [0.3, 0.4) is 0 Å². The summed E-state index contributed by atoms with van der Waals surface area (Å²) in [5, 5.41) is 13.3. The first-order valence-corrected chi connectivity index (χ1v) is 11.8.